The van der Waals surface area contributed by atoms with E-state index in [1.165, 1.54) is 16.8 Å². The largest absolute Gasteiger partial charge is 0.382 e. The molecule has 0 aliphatic heterocycles. The molecule has 18 heavy (non-hydrogen) atoms. The van der Waals surface area contributed by atoms with E-state index in [4.69, 9.17) is 16.3 Å². The highest BCUT2D eigenvalue weighted by Crippen LogP contribution is 2.23. The number of para-hydroxylation sites is 1. The summed E-state index contributed by atoms with van der Waals surface area (Å²) in [5.74, 6) is 0. The van der Waals surface area contributed by atoms with Crippen LogP contribution in [-0.4, -0.2) is 19.8 Å². The van der Waals surface area contributed by atoms with Gasteiger partial charge in [0.1, 0.15) is 6.10 Å². The van der Waals surface area contributed by atoms with Crippen LogP contribution < -0.4 is 5.32 Å². The molecule has 0 aromatic heterocycles. The maximum Gasteiger partial charge on any atom is 0.109 e. The summed E-state index contributed by atoms with van der Waals surface area (Å²) in [6.45, 7) is 8.69. The third-order valence-corrected chi connectivity index (χ3v) is 3.34. The van der Waals surface area contributed by atoms with E-state index >= 15 is 0 Å². The lowest BCUT2D eigenvalue weighted by atomic mass is 10.0. The van der Waals surface area contributed by atoms with Gasteiger partial charge in [0.05, 0.1) is 0 Å². The summed E-state index contributed by atoms with van der Waals surface area (Å²) < 4.78 is 5.29. The zero-order chi connectivity index (χ0) is 13.5. The average molecular weight is 268 g/mol. The highest BCUT2D eigenvalue weighted by Gasteiger charge is 2.12. The fourth-order valence-electron chi connectivity index (χ4n) is 1.99. The molecule has 0 spiro atoms. The number of nitrogens with one attached hydrogen (secondary N) is 1. The Bertz CT molecular complexity index is 381. The van der Waals surface area contributed by atoms with Gasteiger partial charge in [-0.15, -0.1) is 0 Å². The Morgan fingerprint density at radius 2 is 1.89 bits per heavy atom. The SMILES string of the molecule is C=C(Cl)C(CNc1c(CC)cccc1CC)OC. The third kappa shape index (κ3) is 3.76. The molecule has 0 aliphatic carbocycles. The maximum atomic E-state index is 5.90. The first-order valence-electron chi connectivity index (χ1n) is 6.35. The van der Waals surface area contributed by atoms with E-state index in [-0.39, 0.29) is 6.10 Å². The van der Waals surface area contributed by atoms with Gasteiger partial charge in [0.15, 0.2) is 0 Å². The first-order valence-corrected chi connectivity index (χ1v) is 6.73. The van der Waals surface area contributed by atoms with Gasteiger partial charge in [0.25, 0.3) is 0 Å². The first kappa shape index (κ1) is 15.1. The van der Waals surface area contributed by atoms with Crippen LogP contribution in [0.25, 0.3) is 0 Å². The maximum absolute atomic E-state index is 5.90. The molecule has 0 saturated carbocycles. The molecular weight excluding hydrogens is 246 g/mol. The Morgan fingerprint density at radius 3 is 2.28 bits per heavy atom. The Kier molecular flexibility index (Phi) is 6.23. The molecule has 3 heteroatoms. The predicted molar refractivity (Wildman–Crippen MR) is 79.5 cm³/mol. The average Bonchev–Trinajstić information content (AvgIpc) is 2.38. The quantitative estimate of drug-likeness (QED) is 0.807. The molecular formula is C15H22ClNO. The van der Waals surface area contributed by atoms with Gasteiger partial charge in [-0.3, -0.25) is 0 Å². The van der Waals surface area contributed by atoms with Gasteiger partial charge < -0.3 is 10.1 Å². The number of anilines is 1. The van der Waals surface area contributed by atoms with Crippen LogP contribution in [0.2, 0.25) is 0 Å². The fourth-order valence-corrected chi connectivity index (χ4v) is 2.15. The highest BCUT2D eigenvalue weighted by atomic mass is 35.5. The standard InChI is InChI=1S/C15H22ClNO/c1-5-12-8-7-9-13(6-2)15(12)17-10-14(18-4)11(3)16/h7-9,14,17H,3,5-6,10H2,1-2,4H3. The zero-order valence-electron chi connectivity index (χ0n) is 11.4. The van der Waals surface area contributed by atoms with Gasteiger partial charge in [0.2, 0.25) is 0 Å². The second-order valence-electron chi connectivity index (χ2n) is 4.21. The molecule has 1 aromatic rings. The molecule has 0 aliphatic rings. The summed E-state index contributed by atoms with van der Waals surface area (Å²) in [4.78, 5) is 0. The fraction of sp³-hybridized carbons (Fsp3) is 0.467. The van der Waals surface area contributed by atoms with Crippen LogP contribution >= 0.6 is 11.6 Å². The van der Waals surface area contributed by atoms with Crippen molar-refractivity contribution in [3.05, 3.63) is 40.9 Å². The summed E-state index contributed by atoms with van der Waals surface area (Å²) in [5.41, 5.74) is 3.86. The van der Waals surface area contributed by atoms with E-state index in [1.54, 1.807) is 7.11 Å². The van der Waals surface area contributed by atoms with E-state index in [0.29, 0.717) is 11.6 Å². The number of ether oxygens (including phenoxy) is 1. The number of halogens is 1. The van der Waals surface area contributed by atoms with E-state index in [1.807, 2.05) is 0 Å². The van der Waals surface area contributed by atoms with Crippen LogP contribution in [0.15, 0.2) is 29.8 Å². The second kappa shape index (κ2) is 7.45. The van der Waals surface area contributed by atoms with E-state index in [9.17, 15) is 0 Å². The lowest BCUT2D eigenvalue weighted by Crippen LogP contribution is -2.23. The Hall–Kier alpha value is -0.990. The molecule has 1 atom stereocenters. The molecule has 0 saturated heterocycles. The van der Waals surface area contributed by atoms with Gasteiger partial charge in [-0.1, -0.05) is 50.2 Å². The van der Waals surface area contributed by atoms with Crippen LogP contribution in [0.5, 0.6) is 0 Å². The van der Waals surface area contributed by atoms with Crippen molar-refractivity contribution >= 4 is 17.3 Å². The number of hydrogen-bond donors (Lipinski definition) is 1. The van der Waals surface area contributed by atoms with Crippen molar-refractivity contribution in [3.8, 4) is 0 Å². The predicted octanol–water partition coefficient (Wildman–Crippen LogP) is 3.99. The summed E-state index contributed by atoms with van der Waals surface area (Å²) in [6, 6.07) is 6.41. The Labute approximate surface area is 115 Å². The highest BCUT2D eigenvalue weighted by molar-refractivity contribution is 6.29. The molecule has 2 nitrogen and oxygen atoms in total. The summed E-state index contributed by atoms with van der Waals surface area (Å²) in [6.07, 6.45) is 1.85. The molecule has 1 aromatic carbocycles. The van der Waals surface area contributed by atoms with Crippen molar-refractivity contribution in [1.29, 1.82) is 0 Å². The minimum absolute atomic E-state index is 0.165. The van der Waals surface area contributed by atoms with Crippen molar-refractivity contribution in [2.75, 3.05) is 19.0 Å². The van der Waals surface area contributed by atoms with Gasteiger partial charge in [-0.25, -0.2) is 0 Å². The molecule has 0 heterocycles. The lowest BCUT2D eigenvalue weighted by molar-refractivity contribution is 0.148. The molecule has 0 bridgehead atoms. The van der Waals surface area contributed by atoms with E-state index in [0.717, 1.165) is 12.8 Å². The summed E-state index contributed by atoms with van der Waals surface area (Å²) >= 11 is 5.90. The van der Waals surface area contributed by atoms with E-state index in [2.05, 4.69) is 43.9 Å². The molecule has 1 unspecified atom stereocenters. The molecule has 100 valence electrons. The van der Waals surface area contributed by atoms with Crippen molar-refractivity contribution in [2.24, 2.45) is 0 Å². The topological polar surface area (TPSA) is 21.3 Å². The summed E-state index contributed by atoms with van der Waals surface area (Å²) in [7, 11) is 1.65. The van der Waals surface area contributed by atoms with Crippen molar-refractivity contribution < 1.29 is 4.74 Å². The van der Waals surface area contributed by atoms with Crippen molar-refractivity contribution in [2.45, 2.75) is 32.8 Å². The number of hydrogen-bond acceptors (Lipinski definition) is 2. The second-order valence-corrected chi connectivity index (χ2v) is 4.70. The minimum Gasteiger partial charge on any atom is -0.382 e. The minimum atomic E-state index is -0.165. The monoisotopic (exact) mass is 267 g/mol. The smallest absolute Gasteiger partial charge is 0.109 e. The number of methoxy groups -OCH3 is 1. The first-order chi connectivity index (χ1) is 8.63. The number of benzene rings is 1. The molecule has 1 N–H and O–H groups in total. The lowest BCUT2D eigenvalue weighted by Gasteiger charge is -2.19. The molecule has 0 amide bonds. The summed E-state index contributed by atoms with van der Waals surface area (Å²) in [5, 5.41) is 3.97. The molecule has 0 radical (unpaired) electrons. The van der Waals surface area contributed by atoms with Crippen molar-refractivity contribution in [1.82, 2.24) is 0 Å². The zero-order valence-corrected chi connectivity index (χ0v) is 12.2. The van der Waals surface area contributed by atoms with Crippen LogP contribution in [0.1, 0.15) is 25.0 Å². The normalized spacial score (nSPS) is 12.2. The van der Waals surface area contributed by atoms with Crippen LogP contribution in [0.3, 0.4) is 0 Å². The Morgan fingerprint density at radius 1 is 1.33 bits per heavy atom. The number of aryl methyl sites for hydroxylation is 2. The van der Waals surface area contributed by atoms with Crippen LogP contribution in [0, 0.1) is 0 Å². The van der Waals surface area contributed by atoms with Gasteiger partial charge in [0, 0.05) is 24.4 Å². The van der Waals surface area contributed by atoms with E-state index < -0.39 is 0 Å². The van der Waals surface area contributed by atoms with Crippen molar-refractivity contribution in [3.63, 3.8) is 0 Å². The number of rotatable bonds is 7. The van der Waals surface area contributed by atoms with Crippen LogP contribution in [-0.2, 0) is 17.6 Å². The van der Waals surface area contributed by atoms with Crippen LogP contribution in [0.4, 0.5) is 5.69 Å². The molecule has 0 fully saturated rings. The van der Waals surface area contributed by atoms with Gasteiger partial charge >= 0.3 is 0 Å². The van der Waals surface area contributed by atoms with Gasteiger partial charge in [-0.2, -0.15) is 0 Å². The van der Waals surface area contributed by atoms with Gasteiger partial charge in [-0.05, 0) is 24.0 Å². The third-order valence-electron chi connectivity index (χ3n) is 3.10. The molecule has 1 rings (SSSR count). The Balaban J connectivity index is 2.85.